The standard InChI is InChI=1S/C14H18N2O2S/c1-9(2)16(7-12-6-5-10(3)18-12)14(17)13-8-19-11(4)15-13/h5-6,8-9H,7H2,1-4H3. The molecule has 0 aliphatic heterocycles. The average molecular weight is 278 g/mol. The van der Waals surface area contributed by atoms with E-state index in [-0.39, 0.29) is 11.9 Å². The van der Waals surface area contributed by atoms with Crippen molar-refractivity contribution < 1.29 is 9.21 Å². The van der Waals surface area contributed by atoms with Crippen molar-refractivity contribution in [3.63, 3.8) is 0 Å². The molecule has 0 aliphatic rings. The van der Waals surface area contributed by atoms with Crippen LogP contribution in [0.1, 0.15) is 40.9 Å². The van der Waals surface area contributed by atoms with Gasteiger partial charge in [0, 0.05) is 11.4 Å². The van der Waals surface area contributed by atoms with E-state index < -0.39 is 0 Å². The number of aromatic nitrogens is 1. The van der Waals surface area contributed by atoms with Gasteiger partial charge in [-0.25, -0.2) is 4.98 Å². The molecule has 0 atom stereocenters. The lowest BCUT2D eigenvalue weighted by Crippen LogP contribution is -2.36. The summed E-state index contributed by atoms with van der Waals surface area (Å²) in [5, 5.41) is 2.71. The van der Waals surface area contributed by atoms with Gasteiger partial charge in [0.1, 0.15) is 17.2 Å². The lowest BCUT2D eigenvalue weighted by atomic mass is 10.2. The molecule has 2 rings (SSSR count). The molecule has 0 aliphatic carbocycles. The van der Waals surface area contributed by atoms with Crippen LogP contribution in [0.5, 0.6) is 0 Å². The summed E-state index contributed by atoms with van der Waals surface area (Å²) in [5.74, 6) is 1.61. The van der Waals surface area contributed by atoms with E-state index in [0.717, 1.165) is 16.5 Å². The zero-order valence-electron chi connectivity index (χ0n) is 11.6. The molecule has 0 fully saturated rings. The van der Waals surface area contributed by atoms with Gasteiger partial charge in [-0.1, -0.05) is 0 Å². The number of carbonyl (C=O) groups is 1. The Morgan fingerprint density at radius 3 is 2.63 bits per heavy atom. The van der Waals surface area contributed by atoms with Crippen LogP contribution in [0.2, 0.25) is 0 Å². The Morgan fingerprint density at radius 2 is 2.16 bits per heavy atom. The number of furan rings is 1. The van der Waals surface area contributed by atoms with Crippen LogP contribution in [0.4, 0.5) is 0 Å². The molecule has 2 aromatic rings. The minimum atomic E-state index is -0.0478. The molecule has 0 saturated heterocycles. The minimum absolute atomic E-state index is 0.0478. The van der Waals surface area contributed by atoms with Crippen molar-refractivity contribution in [1.82, 2.24) is 9.88 Å². The first-order valence-electron chi connectivity index (χ1n) is 6.26. The average Bonchev–Trinajstić information content (AvgIpc) is 2.94. The Labute approximate surface area is 117 Å². The highest BCUT2D eigenvalue weighted by molar-refractivity contribution is 7.09. The summed E-state index contributed by atoms with van der Waals surface area (Å²) in [7, 11) is 0. The van der Waals surface area contributed by atoms with Gasteiger partial charge in [-0.2, -0.15) is 0 Å². The van der Waals surface area contributed by atoms with Gasteiger partial charge in [-0.15, -0.1) is 11.3 Å². The predicted molar refractivity (Wildman–Crippen MR) is 75.3 cm³/mol. The molecule has 0 aromatic carbocycles. The Morgan fingerprint density at radius 1 is 1.42 bits per heavy atom. The summed E-state index contributed by atoms with van der Waals surface area (Å²) in [4.78, 5) is 18.5. The molecule has 0 saturated carbocycles. The highest BCUT2D eigenvalue weighted by Gasteiger charge is 2.22. The largest absolute Gasteiger partial charge is 0.464 e. The number of rotatable bonds is 4. The molecule has 19 heavy (non-hydrogen) atoms. The van der Waals surface area contributed by atoms with E-state index in [0.29, 0.717) is 12.2 Å². The van der Waals surface area contributed by atoms with Crippen LogP contribution in [-0.4, -0.2) is 21.8 Å². The Kier molecular flexibility index (Phi) is 4.04. The van der Waals surface area contributed by atoms with Gasteiger partial charge in [0.25, 0.3) is 5.91 Å². The van der Waals surface area contributed by atoms with Crippen LogP contribution in [-0.2, 0) is 6.54 Å². The molecule has 5 heteroatoms. The van der Waals surface area contributed by atoms with E-state index in [1.807, 2.05) is 39.8 Å². The normalized spacial score (nSPS) is 11.0. The molecule has 1 amide bonds. The molecule has 0 spiro atoms. The third kappa shape index (κ3) is 3.23. The van der Waals surface area contributed by atoms with E-state index in [1.54, 1.807) is 10.3 Å². The SMILES string of the molecule is Cc1ccc(CN(C(=O)c2csc(C)n2)C(C)C)o1. The topological polar surface area (TPSA) is 46.3 Å². The van der Waals surface area contributed by atoms with Crippen molar-refractivity contribution in [3.05, 3.63) is 39.7 Å². The number of carbonyl (C=O) groups excluding carboxylic acids is 1. The highest BCUT2D eigenvalue weighted by atomic mass is 32.1. The summed E-state index contributed by atoms with van der Waals surface area (Å²) in [5.41, 5.74) is 0.513. The number of amides is 1. The summed E-state index contributed by atoms with van der Waals surface area (Å²) in [6.07, 6.45) is 0. The maximum atomic E-state index is 12.4. The van der Waals surface area contributed by atoms with Crippen LogP contribution in [0.25, 0.3) is 0 Å². The van der Waals surface area contributed by atoms with Crippen molar-refractivity contribution in [3.8, 4) is 0 Å². The summed E-state index contributed by atoms with van der Waals surface area (Å²) >= 11 is 1.49. The number of thiazole rings is 1. The number of hydrogen-bond donors (Lipinski definition) is 0. The fourth-order valence-electron chi connectivity index (χ4n) is 1.84. The van der Waals surface area contributed by atoms with Crippen LogP contribution in [0.3, 0.4) is 0 Å². The fourth-order valence-corrected chi connectivity index (χ4v) is 2.42. The quantitative estimate of drug-likeness (QED) is 0.861. The molecule has 4 nitrogen and oxygen atoms in total. The zero-order valence-corrected chi connectivity index (χ0v) is 12.5. The number of hydrogen-bond acceptors (Lipinski definition) is 4. The molecule has 0 bridgehead atoms. The van der Waals surface area contributed by atoms with Crippen LogP contribution >= 0.6 is 11.3 Å². The van der Waals surface area contributed by atoms with Gasteiger partial charge in [-0.3, -0.25) is 4.79 Å². The Hall–Kier alpha value is -1.62. The Bertz CT molecular complexity index is 572. The van der Waals surface area contributed by atoms with Gasteiger partial charge in [0.05, 0.1) is 11.6 Å². The lowest BCUT2D eigenvalue weighted by molar-refractivity contribution is 0.0670. The smallest absolute Gasteiger partial charge is 0.273 e. The summed E-state index contributed by atoms with van der Waals surface area (Å²) < 4.78 is 5.54. The van der Waals surface area contributed by atoms with Gasteiger partial charge < -0.3 is 9.32 Å². The molecule has 2 heterocycles. The van der Waals surface area contributed by atoms with Crippen molar-refractivity contribution in [1.29, 1.82) is 0 Å². The summed E-state index contributed by atoms with van der Waals surface area (Å²) in [6.45, 7) is 8.26. The molecular formula is C14H18N2O2S. The van der Waals surface area contributed by atoms with E-state index >= 15 is 0 Å². The van der Waals surface area contributed by atoms with E-state index in [1.165, 1.54) is 11.3 Å². The van der Waals surface area contributed by atoms with Gasteiger partial charge in [0.15, 0.2) is 0 Å². The fraction of sp³-hybridized carbons (Fsp3) is 0.429. The minimum Gasteiger partial charge on any atom is -0.464 e. The van der Waals surface area contributed by atoms with Gasteiger partial charge >= 0.3 is 0 Å². The van der Waals surface area contributed by atoms with Gasteiger partial charge in [-0.05, 0) is 39.8 Å². The first kappa shape index (κ1) is 13.8. The lowest BCUT2D eigenvalue weighted by Gasteiger charge is -2.25. The van der Waals surface area contributed by atoms with Crippen molar-refractivity contribution >= 4 is 17.2 Å². The highest BCUT2D eigenvalue weighted by Crippen LogP contribution is 2.16. The third-order valence-electron chi connectivity index (χ3n) is 2.84. The van der Waals surface area contributed by atoms with E-state index in [2.05, 4.69) is 4.98 Å². The van der Waals surface area contributed by atoms with Crippen LogP contribution in [0.15, 0.2) is 21.9 Å². The third-order valence-corrected chi connectivity index (χ3v) is 3.62. The molecule has 0 unspecified atom stereocenters. The maximum absolute atomic E-state index is 12.4. The monoisotopic (exact) mass is 278 g/mol. The number of nitrogens with zero attached hydrogens (tertiary/aromatic N) is 2. The molecule has 2 aromatic heterocycles. The maximum Gasteiger partial charge on any atom is 0.273 e. The second-order valence-corrected chi connectivity index (χ2v) is 5.85. The van der Waals surface area contributed by atoms with E-state index in [4.69, 9.17) is 4.42 Å². The van der Waals surface area contributed by atoms with Gasteiger partial charge in [0.2, 0.25) is 0 Å². The molecule has 102 valence electrons. The second-order valence-electron chi connectivity index (χ2n) is 4.79. The van der Waals surface area contributed by atoms with Crippen molar-refractivity contribution in [2.75, 3.05) is 0 Å². The van der Waals surface area contributed by atoms with Crippen LogP contribution < -0.4 is 0 Å². The van der Waals surface area contributed by atoms with E-state index in [9.17, 15) is 4.79 Å². The number of aryl methyl sites for hydroxylation is 2. The first-order chi connectivity index (χ1) is 8.97. The second kappa shape index (κ2) is 5.57. The van der Waals surface area contributed by atoms with Crippen molar-refractivity contribution in [2.24, 2.45) is 0 Å². The predicted octanol–water partition coefficient (Wildman–Crippen LogP) is 3.40. The van der Waals surface area contributed by atoms with Crippen molar-refractivity contribution in [2.45, 2.75) is 40.3 Å². The van der Waals surface area contributed by atoms with Crippen LogP contribution in [0, 0.1) is 13.8 Å². The molecule has 0 N–H and O–H groups in total. The molecule has 0 radical (unpaired) electrons. The first-order valence-corrected chi connectivity index (χ1v) is 7.13. The summed E-state index contributed by atoms with van der Waals surface area (Å²) in [6, 6.07) is 3.91. The molecular weight excluding hydrogens is 260 g/mol. The Balaban J connectivity index is 2.18. The zero-order chi connectivity index (χ0) is 14.0.